The van der Waals surface area contributed by atoms with Gasteiger partial charge in [0, 0.05) is 10.5 Å². The molecule has 3 rings (SSSR count). The summed E-state index contributed by atoms with van der Waals surface area (Å²) in [7, 11) is 0. The molecular formula is C16H12F2N2O2S. The fraction of sp³-hybridized carbons (Fsp3) is 0.125. The predicted octanol–water partition coefficient (Wildman–Crippen LogP) is 3.65. The molecule has 7 heteroatoms. The SMILES string of the molecule is CC1Sc2ccc(C(=O)Nc3c(F)cccc3F)cc2NC1=O. The average molecular weight is 334 g/mol. The Bertz CT molecular complexity index is 790. The van der Waals surface area contributed by atoms with Crippen molar-refractivity contribution >= 4 is 35.0 Å². The van der Waals surface area contributed by atoms with Gasteiger partial charge in [-0.05, 0) is 37.3 Å². The summed E-state index contributed by atoms with van der Waals surface area (Å²) >= 11 is 1.39. The number of rotatable bonds is 2. The molecule has 1 heterocycles. The van der Waals surface area contributed by atoms with E-state index in [4.69, 9.17) is 0 Å². The normalized spacial score (nSPS) is 16.5. The minimum Gasteiger partial charge on any atom is -0.324 e. The van der Waals surface area contributed by atoms with Crippen LogP contribution in [0.5, 0.6) is 0 Å². The summed E-state index contributed by atoms with van der Waals surface area (Å²) in [6.45, 7) is 1.78. The first kappa shape index (κ1) is 15.5. The number of para-hydroxylation sites is 1. The lowest BCUT2D eigenvalue weighted by molar-refractivity contribution is -0.115. The van der Waals surface area contributed by atoms with E-state index < -0.39 is 23.2 Å². The van der Waals surface area contributed by atoms with E-state index in [1.165, 1.54) is 23.9 Å². The van der Waals surface area contributed by atoms with Gasteiger partial charge in [-0.2, -0.15) is 0 Å². The highest BCUT2D eigenvalue weighted by molar-refractivity contribution is 8.00. The molecule has 0 fully saturated rings. The van der Waals surface area contributed by atoms with Crippen molar-refractivity contribution in [2.45, 2.75) is 17.1 Å². The quantitative estimate of drug-likeness (QED) is 0.881. The van der Waals surface area contributed by atoms with Crippen molar-refractivity contribution in [3.63, 3.8) is 0 Å². The Balaban J connectivity index is 1.87. The van der Waals surface area contributed by atoms with Crippen LogP contribution >= 0.6 is 11.8 Å². The molecule has 2 aromatic rings. The molecule has 1 aliphatic rings. The highest BCUT2D eigenvalue weighted by Crippen LogP contribution is 2.36. The average Bonchev–Trinajstić information content (AvgIpc) is 2.51. The van der Waals surface area contributed by atoms with Crippen LogP contribution in [0.4, 0.5) is 20.2 Å². The fourth-order valence-electron chi connectivity index (χ4n) is 2.15. The largest absolute Gasteiger partial charge is 0.324 e. The van der Waals surface area contributed by atoms with Crippen LogP contribution in [0.3, 0.4) is 0 Å². The Morgan fingerprint density at radius 1 is 1.22 bits per heavy atom. The summed E-state index contributed by atoms with van der Waals surface area (Å²) in [5.74, 6) is -2.52. The number of nitrogens with one attached hydrogen (secondary N) is 2. The molecule has 0 aliphatic carbocycles. The second-order valence-corrected chi connectivity index (χ2v) is 6.39. The third kappa shape index (κ3) is 3.05. The first-order valence-corrected chi connectivity index (χ1v) is 7.70. The van der Waals surface area contributed by atoms with Crippen molar-refractivity contribution in [2.75, 3.05) is 10.6 Å². The zero-order chi connectivity index (χ0) is 16.6. The van der Waals surface area contributed by atoms with Gasteiger partial charge in [0.25, 0.3) is 5.91 Å². The van der Waals surface area contributed by atoms with E-state index in [0.717, 1.165) is 17.0 Å². The van der Waals surface area contributed by atoms with E-state index >= 15 is 0 Å². The third-order valence-electron chi connectivity index (χ3n) is 3.37. The number of fused-ring (bicyclic) bond motifs is 1. The molecule has 0 bridgehead atoms. The molecule has 23 heavy (non-hydrogen) atoms. The van der Waals surface area contributed by atoms with Crippen LogP contribution in [-0.4, -0.2) is 17.1 Å². The number of carbonyl (C=O) groups is 2. The van der Waals surface area contributed by atoms with Gasteiger partial charge in [0.05, 0.1) is 10.9 Å². The molecule has 2 N–H and O–H groups in total. The Kier molecular flexibility index (Phi) is 4.04. The van der Waals surface area contributed by atoms with Crippen molar-refractivity contribution < 1.29 is 18.4 Å². The third-order valence-corrected chi connectivity index (χ3v) is 4.55. The monoisotopic (exact) mass is 334 g/mol. The zero-order valence-electron chi connectivity index (χ0n) is 12.0. The predicted molar refractivity (Wildman–Crippen MR) is 84.7 cm³/mol. The topological polar surface area (TPSA) is 58.2 Å². The molecule has 4 nitrogen and oxygen atoms in total. The second-order valence-electron chi connectivity index (χ2n) is 5.01. The highest BCUT2D eigenvalue weighted by Gasteiger charge is 2.24. The number of carbonyl (C=O) groups excluding carboxylic acids is 2. The van der Waals surface area contributed by atoms with Gasteiger partial charge in [-0.15, -0.1) is 11.8 Å². The molecule has 1 aliphatic heterocycles. The van der Waals surface area contributed by atoms with Crippen LogP contribution < -0.4 is 10.6 Å². The molecule has 0 aromatic heterocycles. The minimum absolute atomic E-state index is 0.153. The van der Waals surface area contributed by atoms with Crippen molar-refractivity contribution in [3.8, 4) is 0 Å². The molecule has 1 unspecified atom stereocenters. The van der Waals surface area contributed by atoms with E-state index in [2.05, 4.69) is 10.6 Å². The van der Waals surface area contributed by atoms with Crippen LogP contribution in [0.15, 0.2) is 41.3 Å². The van der Waals surface area contributed by atoms with Crippen molar-refractivity contribution in [2.24, 2.45) is 0 Å². The number of thioether (sulfide) groups is 1. The van der Waals surface area contributed by atoms with Crippen molar-refractivity contribution in [1.29, 1.82) is 0 Å². The minimum atomic E-state index is -0.853. The number of amides is 2. The van der Waals surface area contributed by atoms with Gasteiger partial charge in [-0.25, -0.2) is 8.78 Å². The van der Waals surface area contributed by atoms with Gasteiger partial charge in [-0.1, -0.05) is 6.07 Å². The van der Waals surface area contributed by atoms with Gasteiger partial charge in [0.15, 0.2) is 0 Å². The fourth-order valence-corrected chi connectivity index (χ4v) is 3.08. The highest BCUT2D eigenvalue weighted by atomic mass is 32.2. The summed E-state index contributed by atoms with van der Waals surface area (Å²) in [5, 5.41) is 4.70. The van der Waals surface area contributed by atoms with Gasteiger partial charge in [0.1, 0.15) is 17.3 Å². The van der Waals surface area contributed by atoms with Crippen LogP contribution in [-0.2, 0) is 4.79 Å². The lowest BCUT2D eigenvalue weighted by atomic mass is 10.1. The van der Waals surface area contributed by atoms with Gasteiger partial charge >= 0.3 is 0 Å². The Morgan fingerprint density at radius 3 is 2.61 bits per heavy atom. The van der Waals surface area contributed by atoms with Gasteiger partial charge in [0.2, 0.25) is 5.91 Å². The molecule has 0 spiro atoms. The standard InChI is InChI=1S/C16H12F2N2O2S/c1-8-15(21)19-12-7-9(5-6-13(12)23-8)16(22)20-14-10(17)3-2-4-11(14)18/h2-8H,1H3,(H,19,21)(H,20,22). The van der Waals surface area contributed by atoms with Gasteiger partial charge in [-0.3, -0.25) is 9.59 Å². The van der Waals surface area contributed by atoms with E-state index in [1.807, 2.05) is 0 Å². The van der Waals surface area contributed by atoms with E-state index in [-0.39, 0.29) is 16.7 Å². The second kappa shape index (κ2) is 6.00. The molecule has 1 atom stereocenters. The Morgan fingerprint density at radius 2 is 1.91 bits per heavy atom. The number of hydrogen-bond donors (Lipinski definition) is 2. The molecular weight excluding hydrogens is 322 g/mol. The molecule has 0 radical (unpaired) electrons. The van der Waals surface area contributed by atoms with Crippen LogP contribution in [0.25, 0.3) is 0 Å². The maximum atomic E-state index is 13.6. The first-order chi connectivity index (χ1) is 11.0. The van der Waals surface area contributed by atoms with Crippen molar-refractivity contribution in [3.05, 3.63) is 53.6 Å². The summed E-state index contributed by atoms with van der Waals surface area (Å²) < 4.78 is 27.2. The Hall–Kier alpha value is -2.41. The summed E-state index contributed by atoms with van der Waals surface area (Å²) in [5.41, 5.74) is 0.212. The molecule has 0 saturated heterocycles. The van der Waals surface area contributed by atoms with Crippen molar-refractivity contribution in [1.82, 2.24) is 0 Å². The molecule has 2 aromatic carbocycles. The summed E-state index contributed by atoms with van der Waals surface area (Å²) in [6, 6.07) is 8.06. The van der Waals surface area contributed by atoms with E-state index in [1.54, 1.807) is 19.1 Å². The zero-order valence-corrected chi connectivity index (χ0v) is 12.8. The Labute approximate surface area is 135 Å². The van der Waals surface area contributed by atoms with Crippen LogP contribution in [0.2, 0.25) is 0 Å². The van der Waals surface area contributed by atoms with Gasteiger partial charge < -0.3 is 10.6 Å². The number of halogens is 2. The number of hydrogen-bond acceptors (Lipinski definition) is 3. The number of benzene rings is 2. The smallest absolute Gasteiger partial charge is 0.255 e. The number of anilines is 2. The summed E-state index contributed by atoms with van der Waals surface area (Å²) in [6.07, 6.45) is 0. The molecule has 2 amide bonds. The van der Waals surface area contributed by atoms with Crippen LogP contribution in [0, 0.1) is 11.6 Å². The molecule has 0 saturated carbocycles. The van der Waals surface area contributed by atoms with E-state index in [9.17, 15) is 18.4 Å². The maximum Gasteiger partial charge on any atom is 0.255 e. The molecule has 118 valence electrons. The van der Waals surface area contributed by atoms with E-state index in [0.29, 0.717) is 5.69 Å². The lowest BCUT2D eigenvalue weighted by Crippen LogP contribution is -2.26. The van der Waals surface area contributed by atoms with Crippen LogP contribution in [0.1, 0.15) is 17.3 Å². The maximum absolute atomic E-state index is 13.6. The summed E-state index contributed by atoms with van der Waals surface area (Å²) in [4.78, 5) is 24.7. The lowest BCUT2D eigenvalue weighted by Gasteiger charge is -2.21. The first-order valence-electron chi connectivity index (χ1n) is 6.82.